The average molecular weight is 378 g/mol. The highest BCUT2D eigenvalue weighted by atomic mass is 79.9. The van der Waals surface area contributed by atoms with Crippen molar-refractivity contribution in [2.45, 2.75) is 45.4 Å². The number of halogens is 1. The summed E-state index contributed by atoms with van der Waals surface area (Å²) >= 11 is 3.18. The summed E-state index contributed by atoms with van der Waals surface area (Å²) in [6, 6.07) is 4.92. The first-order chi connectivity index (χ1) is 11.1. The van der Waals surface area contributed by atoms with E-state index in [4.69, 9.17) is 0 Å². The third-order valence-corrected chi connectivity index (χ3v) is 4.35. The van der Waals surface area contributed by atoms with Crippen molar-refractivity contribution < 1.29 is 4.92 Å². The van der Waals surface area contributed by atoms with Crippen LogP contribution >= 0.6 is 15.9 Å². The van der Waals surface area contributed by atoms with Gasteiger partial charge in [0.05, 0.1) is 9.40 Å². The van der Waals surface area contributed by atoms with Crippen LogP contribution in [0.1, 0.15) is 44.6 Å². The molecule has 0 atom stereocenters. The number of aromatic nitrogens is 2. The van der Waals surface area contributed by atoms with E-state index in [9.17, 15) is 10.1 Å². The van der Waals surface area contributed by atoms with Crippen LogP contribution in [0.2, 0.25) is 0 Å². The van der Waals surface area contributed by atoms with Crippen molar-refractivity contribution >= 4 is 21.6 Å². The number of nitro groups is 1. The predicted molar refractivity (Wildman–Crippen MR) is 94.3 cm³/mol. The number of benzene rings is 1. The van der Waals surface area contributed by atoms with E-state index in [1.165, 1.54) is 31.7 Å². The zero-order valence-corrected chi connectivity index (χ0v) is 14.8. The molecule has 0 N–H and O–H groups in total. The van der Waals surface area contributed by atoms with E-state index in [2.05, 4.69) is 32.8 Å². The molecule has 0 aliphatic carbocycles. The zero-order chi connectivity index (χ0) is 16.7. The maximum Gasteiger partial charge on any atom is 0.284 e. The third kappa shape index (κ3) is 5.10. The summed E-state index contributed by atoms with van der Waals surface area (Å²) in [4.78, 5) is 19.3. The first kappa shape index (κ1) is 17.5. The number of hydrogen-bond donors (Lipinski definition) is 0. The van der Waals surface area contributed by atoms with Gasteiger partial charge in [0.25, 0.3) is 5.69 Å². The Hall–Kier alpha value is -1.82. The van der Waals surface area contributed by atoms with E-state index >= 15 is 0 Å². The van der Waals surface area contributed by atoms with Crippen molar-refractivity contribution in [2.24, 2.45) is 0 Å². The first-order valence-electron chi connectivity index (χ1n) is 7.87. The van der Waals surface area contributed by atoms with Gasteiger partial charge < -0.3 is 0 Å². The second-order valence-electron chi connectivity index (χ2n) is 5.50. The average Bonchev–Trinajstić information content (AvgIpc) is 2.55. The van der Waals surface area contributed by atoms with Crippen LogP contribution in [0.5, 0.6) is 0 Å². The molecule has 122 valence electrons. The Morgan fingerprint density at radius 2 is 1.83 bits per heavy atom. The molecule has 2 rings (SSSR count). The topological polar surface area (TPSA) is 68.9 Å². The normalized spacial score (nSPS) is 10.7. The molecule has 0 fully saturated rings. The van der Waals surface area contributed by atoms with Gasteiger partial charge in [0, 0.05) is 24.0 Å². The molecule has 1 aromatic heterocycles. The van der Waals surface area contributed by atoms with Crippen LogP contribution in [-0.2, 0) is 6.42 Å². The molecule has 2 aromatic rings. The number of unbranched alkanes of at least 4 members (excludes halogenated alkanes) is 4. The predicted octanol–water partition coefficient (Wildman–Crippen LogP) is 5.33. The van der Waals surface area contributed by atoms with E-state index < -0.39 is 4.92 Å². The minimum atomic E-state index is -0.418. The van der Waals surface area contributed by atoms with Gasteiger partial charge in [-0.15, -0.1) is 0 Å². The van der Waals surface area contributed by atoms with E-state index in [1.54, 1.807) is 12.1 Å². The smallest absolute Gasteiger partial charge is 0.258 e. The summed E-state index contributed by atoms with van der Waals surface area (Å²) in [5.74, 6) is 0.510. The zero-order valence-electron chi connectivity index (χ0n) is 13.2. The summed E-state index contributed by atoms with van der Waals surface area (Å²) in [6.07, 6.45) is 10.8. The number of nitro benzene ring substituents is 1. The van der Waals surface area contributed by atoms with E-state index in [0.717, 1.165) is 18.4 Å². The number of aryl methyl sites for hydroxylation is 1. The van der Waals surface area contributed by atoms with Gasteiger partial charge in [-0.1, -0.05) is 32.6 Å². The SMILES string of the molecule is CCCCCCCc1cnc(-c2ccc(Br)c([N+](=O)[O-])c2)nc1. The molecule has 0 saturated carbocycles. The molecule has 0 aliphatic rings. The monoisotopic (exact) mass is 377 g/mol. The first-order valence-corrected chi connectivity index (χ1v) is 8.66. The highest BCUT2D eigenvalue weighted by Gasteiger charge is 2.14. The van der Waals surface area contributed by atoms with Crippen LogP contribution in [0.25, 0.3) is 11.4 Å². The Labute approximate surface area is 144 Å². The lowest BCUT2D eigenvalue weighted by Gasteiger charge is -2.04. The van der Waals surface area contributed by atoms with E-state index in [-0.39, 0.29) is 5.69 Å². The Kier molecular flexibility index (Phi) is 6.65. The third-order valence-electron chi connectivity index (χ3n) is 3.68. The molecular formula is C17H20BrN3O2. The maximum atomic E-state index is 11.0. The molecule has 0 saturated heterocycles. The van der Waals surface area contributed by atoms with Crippen LogP contribution in [0.3, 0.4) is 0 Å². The summed E-state index contributed by atoms with van der Waals surface area (Å²) in [7, 11) is 0. The summed E-state index contributed by atoms with van der Waals surface area (Å²) < 4.78 is 0.454. The lowest BCUT2D eigenvalue weighted by Crippen LogP contribution is -1.95. The van der Waals surface area contributed by atoms with Gasteiger partial charge in [0.2, 0.25) is 0 Å². The number of hydrogen-bond acceptors (Lipinski definition) is 4. The molecule has 0 aliphatic heterocycles. The van der Waals surface area contributed by atoms with Crippen LogP contribution in [0, 0.1) is 10.1 Å². The van der Waals surface area contributed by atoms with Crippen molar-refractivity contribution in [3.63, 3.8) is 0 Å². The Morgan fingerprint density at radius 1 is 1.13 bits per heavy atom. The van der Waals surface area contributed by atoms with Gasteiger partial charge in [-0.2, -0.15) is 0 Å². The minimum absolute atomic E-state index is 0.0195. The molecule has 0 spiro atoms. The van der Waals surface area contributed by atoms with E-state index in [0.29, 0.717) is 15.9 Å². The van der Waals surface area contributed by atoms with Gasteiger partial charge in [-0.25, -0.2) is 9.97 Å². The molecule has 0 bridgehead atoms. The molecule has 1 heterocycles. The lowest BCUT2D eigenvalue weighted by molar-refractivity contribution is -0.385. The van der Waals surface area contributed by atoms with Gasteiger partial charge in [0.1, 0.15) is 0 Å². The fraction of sp³-hybridized carbons (Fsp3) is 0.412. The fourth-order valence-corrected chi connectivity index (χ4v) is 2.75. The Morgan fingerprint density at radius 3 is 2.48 bits per heavy atom. The molecule has 0 radical (unpaired) electrons. The number of nitrogens with zero attached hydrogens (tertiary/aromatic N) is 3. The molecule has 0 amide bonds. The molecule has 6 heteroatoms. The highest BCUT2D eigenvalue weighted by molar-refractivity contribution is 9.10. The van der Waals surface area contributed by atoms with Gasteiger partial charge in [0.15, 0.2) is 5.82 Å². The van der Waals surface area contributed by atoms with Crippen molar-refractivity contribution in [3.8, 4) is 11.4 Å². The molecule has 23 heavy (non-hydrogen) atoms. The maximum absolute atomic E-state index is 11.0. The molecular weight excluding hydrogens is 358 g/mol. The summed E-state index contributed by atoms with van der Waals surface area (Å²) in [6.45, 7) is 2.21. The molecule has 0 unspecified atom stereocenters. The second-order valence-corrected chi connectivity index (χ2v) is 6.36. The van der Waals surface area contributed by atoms with Gasteiger partial charge in [-0.05, 0) is 46.5 Å². The Balaban J connectivity index is 2.02. The largest absolute Gasteiger partial charge is 0.284 e. The van der Waals surface area contributed by atoms with Crippen molar-refractivity contribution in [3.05, 3.63) is 50.7 Å². The van der Waals surface area contributed by atoms with Crippen LogP contribution in [0.4, 0.5) is 5.69 Å². The summed E-state index contributed by atoms with van der Waals surface area (Å²) in [5, 5.41) is 11.0. The van der Waals surface area contributed by atoms with Crippen LogP contribution in [-0.4, -0.2) is 14.9 Å². The minimum Gasteiger partial charge on any atom is -0.258 e. The van der Waals surface area contributed by atoms with E-state index in [1.807, 2.05) is 12.4 Å². The second kappa shape index (κ2) is 8.72. The van der Waals surface area contributed by atoms with Crippen molar-refractivity contribution in [1.82, 2.24) is 9.97 Å². The lowest BCUT2D eigenvalue weighted by atomic mass is 10.1. The molecule has 5 nitrogen and oxygen atoms in total. The van der Waals surface area contributed by atoms with Gasteiger partial charge >= 0.3 is 0 Å². The number of rotatable bonds is 8. The highest BCUT2D eigenvalue weighted by Crippen LogP contribution is 2.29. The van der Waals surface area contributed by atoms with Crippen molar-refractivity contribution in [1.29, 1.82) is 0 Å². The molecule has 1 aromatic carbocycles. The fourth-order valence-electron chi connectivity index (χ4n) is 2.36. The van der Waals surface area contributed by atoms with Crippen molar-refractivity contribution in [2.75, 3.05) is 0 Å². The standard InChI is InChI=1S/C17H20BrN3O2/c1-2-3-4-5-6-7-13-11-19-17(20-12-13)14-8-9-15(18)16(10-14)21(22)23/h8-12H,2-7H2,1H3. The Bertz CT molecular complexity index is 659. The van der Waals surface area contributed by atoms with Gasteiger partial charge in [-0.3, -0.25) is 10.1 Å². The van der Waals surface area contributed by atoms with Crippen LogP contribution in [0.15, 0.2) is 35.1 Å². The van der Waals surface area contributed by atoms with Crippen LogP contribution < -0.4 is 0 Å². The quantitative estimate of drug-likeness (QED) is 0.354. The summed E-state index contributed by atoms with van der Waals surface area (Å²) in [5.41, 5.74) is 1.78.